The van der Waals surface area contributed by atoms with Crippen molar-refractivity contribution in [1.29, 1.82) is 0 Å². The minimum absolute atomic E-state index is 0.00975. The number of likely N-dealkylation sites (N-methyl/N-ethyl adjacent to an activating group) is 1. The first-order valence-corrected chi connectivity index (χ1v) is 10.9. The van der Waals surface area contributed by atoms with E-state index < -0.39 is 0 Å². The van der Waals surface area contributed by atoms with E-state index in [0.717, 1.165) is 42.3 Å². The van der Waals surface area contributed by atoms with Crippen molar-refractivity contribution < 1.29 is 4.79 Å². The topological polar surface area (TPSA) is 75.4 Å². The van der Waals surface area contributed by atoms with Crippen LogP contribution in [-0.4, -0.2) is 55.9 Å². The van der Waals surface area contributed by atoms with Gasteiger partial charge in [0.05, 0.1) is 11.0 Å². The number of rotatable bonds is 6. The molecule has 0 amide bonds. The first-order valence-electron chi connectivity index (χ1n) is 10.9. The van der Waals surface area contributed by atoms with Crippen LogP contribution in [0.25, 0.3) is 16.7 Å². The molecular formula is C24H26N6O. The van der Waals surface area contributed by atoms with Gasteiger partial charge < -0.3 is 5.32 Å². The fourth-order valence-electron chi connectivity index (χ4n) is 4.54. The molecule has 2 aromatic heterocycles. The van der Waals surface area contributed by atoms with Gasteiger partial charge in [-0.2, -0.15) is 0 Å². The van der Waals surface area contributed by atoms with Gasteiger partial charge in [0.15, 0.2) is 11.6 Å². The molecule has 0 bridgehead atoms. The Labute approximate surface area is 181 Å². The number of aromatic nitrogens is 4. The lowest BCUT2D eigenvalue weighted by Crippen LogP contribution is -2.34. The molecule has 3 heterocycles. The number of anilines is 1. The van der Waals surface area contributed by atoms with Gasteiger partial charge in [-0.05, 0) is 51.1 Å². The van der Waals surface area contributed by atoms with Gasteiger partial charge in [-0.25, -0.2) is 4.98 Å². The predicted molar refractivity (Wildman–Crippen MR) is 122 cm³/mol. The Hall–Kier alpha value is -3.32. The fourth-order valence-corrected chi connectivity index (χ4v) is 4.54. The summed E-state index contributed by atoms with van der Waals surface area (Å²) < 4.78 is 1.98. The van der Waals surface area contributed by atoms with Crippen molar-refractivity contribution in [2.75, 3.05) is 25.0 Å². The maximum atomic E-state index is 12.9. The zero-order valence-corrected chi connectivity index (χ0v) is 17.9. The number of aryl methyl sites for hydroxylation is 1. The van der Waals surface area contributed by atoms with Gasteiger partial charge >= 0.3 is 0 Å². The van der Waals surface area contributed by atoms with E-state index >= 15 is 0 Å². The molecule has 0 aliphatic carbocycles. The fraction of sp³-hybridized carbons (Fsp3) is 0.333. The van der Waals surface area contributed by atoms with Gasteiger partial charge in [0, 0.05) is 23.7 Å². The number of fused-ring (bicyclic) bond motifs is 3. The van der Waals surface area contributed by atoms with E-state index in [9.17, 15) is 4.79 Å². The van der Waals surface area contributed by atoms with Crippen molar-refractivity contribution in [3.8, 4) is 0 Å². The molecule has 0 spiro atoms. The quantitative estimate of drug-likeness (QED) is 0.485. The van der Waals surface area contributed by atoms with Crippen LogP contribution in [0.5, 0.6) is 0 Å². The first kappa shape index (κ1) is 19.6. The molecule has 1 fully saturated rings. The lowest BCUT2D eigenvalue weighted by atomic mass is 10.0. The Kier molecular flexibility index (Phi) is 5.11. The maximum absolute atomic E-state index is 12.9. The molecule has 5 rings (SSSR count). The van der Waals surface area contributed by atoms with Crippen molar-refractivity contribution in [1.82, 2.24) is 24.5 Å². The number of nitrogens with one attached hydrogen (secondary N) is 1. The van der Waals surface area contributed by atoms with Crippen molar-refractivity contribution in [3.05, 3.63) is 65.5 Å². The third-order valence-corrected chi connectivity index (χ3v) is 6.19. The molecular weight excluding hydrogens is 388 g/mol. The van der Waals surface area contributed by atoms with Crippen molar-refractivity contribution in [3.63, 3.8) is 0 Å². The molecule has 0 saturated carbocycles. The highest BCUT2D eigenvalue weighted by Crippen LogP contribution is 2.25. The Bertz CT molecular complexity index is 1250. The minimum atomic E-state index is -0.00975. The van der Waals surface area contributed by atoms with Crippen LogP contribution in [0.1, 0.15) is 41.5 Å². The van der Waals surface area contributed by atoms with Gasteiger partial charge in [0.1, 0.15) is 5.82 Å². The number of hydrogen-bond donors (Lipinski definition) is 1. The number of hydrogen-bond acceptors (Lipinski definition) is 6. The van der Waals surface area contributed by atoms with Crippen molar-refractivity contribution in [2.45, 2.75) is 32.7 Å². The number of ketones is 1. The van der Waals surface area contributed by atoms with Crippen LogP contribution in [0, 0.1) is 6.92 Å². The summed E-state index contributed by atoms with van der Waals surface area (Å²) in [7, 11) is 0. The molecule has 1 atom stereocenters. The Morgan fingerprint density at radius 3 is 2.77 bits per heavy atom. The molecule has 4 aromatic rings. The average molecular weight is 415 g/mol. The van der Waals surface area contributed by atoms with Crippen LogP contribution in [0.2, 0.25) is 0 Å². The summed E-state index contributed by atoms with van der Waals surface area (Å²) >= 11 is 0. The van der Waals surface area contributed by atoms with Crippen molar-refractivity contribution in [2.24, 2.45) is 0 Å². The normalized spacial score (nSPS) is 16.9. The molecule has 31 heavy (non-hydrogen) atoms. The average Bonchev–Trinajstić information content (AvgIpc) is 3.44. The van der Waals surface area contributed by atoms with E-state index in [2.05, 4.69) is 27.3 Å². The van der Waals surface area contributed by atoms with Crippen LogP contribution in [0.15, 0.2) is 48.5 Å². The monoisotopic (exact) mass is 414 g/mol. The maximum Gasteiger partial charge on any atom is 0.204 e. The minimum Gasteiger partial charge on any atom is -0.365 e. The molecule has 2 aromatic carbocycles. The third-order valence-electron chi connectivity index (χ3n) is 6.19. The largest absolute Gasteiger partial charge is 0.365 e. The van der Waals surface area contributed by atoms with Crippen LogP contribution >= 0.6 is 0 Å². The highest BCUT2D eigenvalue weighted by Gasteiger charge is 2.23. The Morgan fingerprint density at radius 1 is 1.13 bits per heavy atom. The molecule has 1 N–H and O–H groups in total. The van der Waals surface area contributed by atoms with Crippen LogP contribution in [0.4, 0.5) is 5.82 Å². The molecule has 1 aliphatic rings. The first-order chi connectivity index (χ1) is 15.2. The zero-order chi connectivity index (χ0) is 21.4. The van der Waals surface area contributed by atoms with Crippen LogP contribution in [0.3, 0.4) is 0 Å². The number of nitrogens with zero attached hydrogens (tertiary/aromatic N) is 5. The second-order valence-electron chi connectivity index (χ2n) is 8.07. The molecule has 7 heteroatoms. The molecule has 1 saturated heterocycles. The van der Waals surface area contributed by atoms with Gasteiger partial charge in [-0.3, -0.25) is 14.1 Å². The van der Waals surface area contributed by atoms with E-state index in [1.54, 1.807) is 0 Å². The van der Waals surface area contributed by atoms with E-state index in [1.807, 2.05) is 59.9 Å². The molecule has 0 unspecified atom stereocenters. The third kappa shape index (κ3) is 3.55. The SMILES string of the molecule is CCN1CCC[C@H]1CNc1nc2ccc(C(=O)c3ccccc3)cc2n2c(C)nnc12. The smallest absolute Gasteiger partial charge is 0.204 e. The summed E-state index contributed by atoms with van der Waals surface area (Å²) in [5.41, 5.74) is 3.62. The second-order valence-corrected chi connectivity index (χ2v) is 8.07. The summed E-state index contributed by atoms with van der Waals surface area (Å²) in [6.45, 7) is 7.19. The van der Waals surface area contributed by atoms with Gasteiger partial charge in [0.25, 0.3) is 0 Å². The number of benzene rings is 2. The number of likely N-dealkylation sites (tertiary alicyclic amines) is 1. The van der Waals surface area contributed by atoms with E-state index in [0.29, 0.717) is 22.8 Å². The number of carbonyl (C=O) groups excluding carboxylic acids is 1. The predicted octanol–water partition coefficient (Wildman–Crippen LogP) is 3.71. The Morgan fingerprint density at radius 2 is 1.97 bits per heavy atom. The van der Waals surface area contributed by atoms with E-state index in [4.69, 9.17) is 4.98 Å². The zero-order valence-electron chi connectivity index (χ0n) is 17.9. The van der Waals surface area contributed by atoms with E-state index in [-0.39, 0.29) is 5.78 Å². The molecule has 1 aliphatic heterocycles. The van der Waals surface area contributed by atoms with E-state index in [1.165, 1.54) is 12.8 Å². The van der Waals surface area contributed by atoms with Gasteiger partial charge in [-0.15, -0.1) is 10.2 Å². The van der Waals surface area contributed by atoms with Gasteiger partial charge in [0.2, 0.25) is 5.65 Å². The highest BCUT2D eigenvalue weighted by atomic mass is 16.1. The molecule has 158 valence electrons. The van der Waals surface area contributed by atoms with Crippen LogP contribution < -0.4 is 5.32 Å². The Balaban J connectivity index is 1.53. The summed E-state index contributed by atoms with van der Waals surface area (Å²) in [5.74, 6) is 1.49. The van der Waals surface area contributed by atoms with Gasteiger partial charge in [-0.1, -0.05) is 37.3 Å². The lowest BCUT2D eigenvalue weighted by Gasteiger charge is -2.23. The molecule has 0 radical (unpaired) electrons. The highest BCUT2D eigenvalue weighted by molar-refractivity contribution is 6.10. The summed E-state index contributed by atoms with van der Waals surface area (Å²) in [4.78, 5) is 20.3. The summed E-state index contributed by atoms with van der Waals surface area (Å²) in [5, 5.41) is 12.2. The second kappa shape index (κ2) is 8.07. The number of carbonyl (C=O) groups is 1. The lowest BCUT2D eigenvalue weighted by molar-refractivity contribution is 0.103. The van der Waals surface area contributed by atoms with Crippen LogP contribution in [-0.2, 0) is 0 Å². The van der Waals surface area contributed by atoms with Crippen molar-refractivity contribution >= 4 is 28.3 Å². The molecule has 7 nitrogen and oxygen atoms in total. The standard InChI is InChI=1S/C24H26N6O/c1-3-29-13-7-10-19(29)15-25-23-24-28-27-16(2)30(24)21-14-18(11-12-20(21)26-23)22(31)17-8-5-4-6-9-17/h4-6,8-9,11-12,14,19H,3,7,10,13,15H2,1-2H3,(H,25,26)/t19-/m0/s1. The summed E-state index contributed by atoms with van der Waals surface area (Å²) in [6.07, 6.45) is 2.43. The summed E-state index contributed by atoms with van der Waals surface area (Å²) in [6, 6.07) is 15.5.